The molecule has 1 amide bonds. The third-order valence-corrected chi connectivity index (χ3v) is 5.67. The second-order valence-corrected chi connectivity index (χ2v) is 8.38. The normalized spacial score (nSPS) is 17.0. The minimum Gasteiger partial charge on any atom is -0.447 e. The molecule has 160 valence electrons. The topological polar surface area (TPSA) is 67.4 Å². The maximum atomic E-state index is 12.2. The van der Waals surface area contributed by atoms with E-state index in [1.807, 2.05) is 0 Å². The van der Waals surface area contributed by atoms with Gasteiger partial charge in [-0.3, -0.25) is 9.88 Å². The number of hydrogen-bond acceptors (Lipinski definition) is 5. The molecule has 1 fully saturated rings. The number of anilines is 2. The number of carbonyl (C=O) groups excluding carboxylic acids is 1. The third kappa shape index (κ3) is 4.53. The van der Waals surface area contributed by atoms with Gasteiger partial charge in [0.05, 0.1) is 18.4 Å². The van der Waals surface area contributed by atoms with E-state index in [0.29, 0.717) is 18.2 Å². The van der Waals surface area contributed by atoms with E-state index in [0.717, 1.165) is 5.56 Å². The zero-order chi connectivity index (χ0) is 22.0. The number of rotatable bonds is 6. The lowest BCUT2D eigenvalue weighted by Crippen LogP contribution is -2.37. The highest BCUT2D eigenvalue weighted by Crippen LogP contribution is 2.27. The van der Waals surface area contributed by atoms with E-state index in [-0.39, 0.29) is 24.1 Å². The van der Waals surface area contributed by atoms with E-state index in [1.165, 1.54) is 16.7 Å². The first-order valence-corrected chi connectivity index (χ1v) is 10.6. The van der Waals surface area contributed by atoms with E-state index < -0.39 is 0 Å². The fraction of sp³-hybridized carbons (Fsp3) is 0.320. The summed E-state index contributed by atoms with van der Waals surface area (Å²) in [4.78, 5) is 22.8. The van der Waals surface area contributed by atoms with Gasteiger partial charge in [-0.2, -0.15) is 0 Å². The third-order valence-electron chi connectivity index (χ3n) is 5.67. The van der Waals surface area contributed by atoms with Crippen molar-refractivity contribution in [1.82, 2.24) is 9.97 Å². The van der Waals surface area contributed by atoms with E-state index in [4.69, 9.17) is 4.74 Å². The SMILES string of the molecule is Cc1cccc(-c2ccc([C@H](C)Nc3cncc(N4C(=O)OC[C@@H]4C(C)C)n3)cc2)c1. The summed E-state index contributed by atoms with van der Waals surface area (Å²) in [5.74, 6) is 1.39. The fourth-order valence-corrected chi connectivity index (χ4v) is 3.83. The van der Waals surface area contributed by atoms with Crippen molar-refractivity contribution >= 4 is 17.7 Å². The van der Waals surface area contributed by atoms with Crippen LogP contribution in [-0.4, -0.2) is 28.7 Å². The quantitative estimate of drug-likeness (QED) is 0.566. The number of amides is 1. The first-order chi connectivity index (χ1) is 14.9. The number of cyclic esters (lactones) is 1. The lowest BCUT2D eigenvalue weighted by Gasteiger charge is -2.23. The molecule has 2 aromatic carbocycles. The Morgan fingerprint density at radius 1 is 1.06 bits per heavy atom. The minimum atomic E-state index is -0.370. The van der Waals surface area contributed by atoms with Crippen LogP contribution in [0.3, 0.4) is 0 Å². The molecule has 4 rings (SSSR count). The zero-order valence-corrected chi connectivity index (χ0v) is 18.4. The molecule has 6 heteroatoms. The monoisotopic (exact) mass is 416 g/mol. The summed E-state index contributed by atoms with van der Waals surface area (Å²) in [6, 6.07) is 17.0. The number of aryl methyl sites for hydroxylation is 1. The molecule has 6 nitrogen and oxygen atoms in total. The van der Waals surface area contributed by atoms with E-state index in [1.54, 1.807) is 17.3 Å². The Morgan fingerprint density at radius 3 is 2.55 bits per heavy atom. The molecule has 1 aliphatic heterocycles. The molecular weight excluding hydrogens is 388 g/mol. The van der Waals surface area contributed by atoms with Gasteiger partial charge in [0, 0.05) is 6.04 Å². The van der Waals surface area contributed by atoms with Gasteiger partial charge in [-0.25, -0.2) is 9.78 Å². The molecule has 31 heavy (non-hydrogen) atoms. The Bertz CT molecular complexity index is 1070. The van der Waals surface area contributed by atoms with Crippen LogP contribution in [0.1, 0.15) is 37.9 Å². The molecular formula is C25H28N4O2. The van der Waals surface area contributed by atoms with Gasteiger partial charge in [0.2, 0.25) is 0 Å². The standard InChI is InChI=1S/C25H28N4O2/c1-16(2)22-15-31-25(30)29(22)24-14-26-13-23(28-24)27-18(4)19-8-10-20(11-9-19)21-7-5-6-17(3)12-21/h5-14,16,18,22H,15H2,1-4H3,(H,27,28)/t18-,22+/m0/s1. The second-order valence-electron chi connectivity index (χ2n) is 8.38. The minimum absolute atomic E-state index is 0.0301. The van der Waals surface area contributed by atoms with E-state index in [9.17, 15) is 4.79 Å². The summed E-state index contributed by atoms with van der Waals surface area (Å²) < 4.78 is 5.24. The average molecular weight is 417 g/mol. The van der Waals surface area contributed by atoms with Gasteiger partial charge in [0.1, 0.15) is 12.4 Å². The molecule has 1 aromatic heterocycles. The molecule has 0 unspecified atom stereocenters. The Kier molecular flexibility index (Phi) is 5.89. The van der Waals surface area contributed by atoms with Crippen LogP contribution in [0, 0.1) is 12.8 Å². The number of nitrogens with one attached hydrogen (secondary N) is 1. The number of benzene rings is 2. The molecule has 0 aliphatic carbocycles. The molecule has 1 aliphatic rings. The predicted molar refractivity (Wildman–Crippen MR) is 123 cm³/mol. The Labute approximate surface area is 183 Å². The van der Waals surface area contributed by atoms with Crippen molar-refractivity contribution in [3.63, 3.8) is 0 Å². The molecule has 0 saturated carbocycles. The largest absolute Gasteiger partial charge is 0.447 e. The van der Waals surface area contributed by atoms with Crippen LogP contribution in [0.2, 0.25) is 0 Å². The number of carbonyl (C=O) groups is 1. The summed E-state index contributed by atoms with van der Waals surface area (Å²) in [6.45, 7) is 8.69. The van der Waals surface area contributed by atoms with Gasteiger partial charge < -0.3 is 10.1 Å². The van der Waals surface area contributed by atoms with Crippen molar-refractivity contribution in [3.05, 3.63) is 72.1 Å². The maximum absolute atomic E-state index is 12.2. The highest BCUT2D eigenvalue weighted by molar-refractivity contribution is 5.89. The summed E-state index contributed by atoms with van der Waals surface area (Å²) in [7, 11) is 0. The smallest absolute Gasteiger partial charge is 0.415 e. The molecule has 0 bridgehead atoms. The Morgan fingerprint density at radius 2 is 1.84 bits per heavy atom. The van der Waals surface area contributed by atoms with Gasteiger partial charge in [-0.05, 0) is 36.5 Å². The van der Waals surface area contributed by atoms with Gasteiger partial charge in [0.15, 0.2) is 5.82 Å². The summed E-state index contributed by atoms with van der Waals surface area (Å²) in [5.41, 5.74) is 4.79. The lowest BCUT2D eigenvalue weighted by atomic mass is 10.0. The predicted octanol–water partition coefficient (Wildman–Crippen LogP) is 5.61. The van der Waals surface area contributed by atoms with Crippen molar-refractivity contribution in [2.24, 2.45) is 5.92 Å². The van der Waals surface area contributed by atoms with E-state index >= 15 is 0 Å². The van der Waals surface area contributed by atoms with Crippen molar-refractivity contribution in [3.8, 4) is 11.1 Å². The van der Waals surface area contributed by atoms with Crippen molar-refractivity contribution < 1.29 is 9.53 Å². The van der Waals surface area contributed by atoms with Gasteiger partial charge in [-0.1, -0.05) is 67.9 Å². The molecule has 2 atom stereocenters. The molecule has 3 aromatic rings. The molecule has 0 radical (unpaired) electrons. The molecule has 1 saturated heterocycles. The number of aromatic nitrogens is 2. The molecule has 2 heterocycles. The molecule has 1 N–H and O–H groups in total. The van der Waals surface area contributed by atoms with Crippen LogP contribution in [-0.2, 0) is 4.74 Å². The van der Waals surface area contributed by atoms with Crippen molar-refractivity contribution in [2.75, 3.05) is 16.8 Å². The van der Waals surface area contributed by atoms with Crippen molar-refractivity contribution in [1.29, 1.82) is 0 Å². The summed E-state index contributed by atoms with van der Waals surface area (Å²) in [5, 5.41) is 3.40. The van der Waals surface area contributed by atoms with Gasteiger partial charge >= 0.3 is 6.09 Å². The fourth-order valence-electron chi connectivity index (χ4n) is 3.83. The highest BCUT2D eigenvalue weighted by atomic mass is 16.6. The van der Waals surface area contributed by atoms with E-state index in [2.05, 4.69) is 91.5 Å². The van der Waals surface area contributed by atoms with Crippen LogP contribution in [0.15, 0.2) is 60.9 Å². The summed E-state index contributed by atoms with van der Waals surface area (Å²) >= 11 is 0. The van der Waals surface area contributed by atoms with Gasteiger partial charge in [-0.15, -0.1) is 0 Å². The first-order valence-electron chi connectivity index (χ1n) is 10.6. The number of hydrogen-bond donors (Lipinski definition) is 1. The number of nitrogens with zero attached hydrogens (tertiary/aromatic N) is 3. The molecule has 0 spiro atoms. The van der Waals surface area contributed by atoms with Gasteiger partial charge in [0.25, 0.3) is 0 Å². The summed E-state index contributed by atoms with van der Waals surface area (Å²) in [6.07, 6.45) is 2.91. The highest BCUT2D eigenvalue weighted by Gasteiger charge is 2.37. The first kappa shape index (κ1) is 20.8. The van der Waals surface area contributed by atoms with Crippen molar-refractivity contribution in [2.45, 2.75) is 39.8 Å². The Hall–Kier alpha value is -3.41. The average Bonchev–Trinajstić information content (AvgIpc) is 3.16. The Balaban J connectivity index is 1.49. The van der Waals surface area contributed by atoms with Crippen LogP contribution in [0.5, 0.6) is 0 Å². The number of ether oxygens (including phenoxy) is 1. The van der Waals surface area contributed by atoms with Crippen LogP contribution < -0.4 is 10.2 Å². The van der Waals surface area contributed by atoms with Crippen LogP contribution in [0.25, 0.3) is 11.1 Å². The van der Waals surface area contributed by atoms with Crippen LogP contribution in [0.4, 0.5) is 16.4 Å². The van der Waals surface area contributed by atoms with Crippen LogP contribution >= 0.6 is 0 Å². The lowest BCUT2D eigenvalue weighted by molar-refractivity contribution is 0.177. The maximum Gasteiger partial charge on any atom is 0.415 e. The second kappa shape index (κ2) is 8.76. The zero-order valence-electron chi connectivity index (χ0n) is 18.4.